The van der Waals surface area contributed by atoms with E-state index in [1.165, 1.54) is 0 Å². The molecule has 0 aliphatic heterocycles. The summed E-state index contributed by atoms with van der Waals surface area (Å²) in [7, 11) is 0. The second-order valence-electron chi connectivity index (χ2n) is 3.84. The quantitative estimate of drug-likeness (QED) is 0.810. The molecule has 0 fully saturated rings. The first-order chi connectivity index (χ1) is 7.15. The molecule has 15 heavy (non-hydrogen) atoms. The molecule has 0 radical (unpaired) electrons. The van der Waals surface area contributed by atoms with Gasteiger partial charge in [0.1, 0.15) is 11.3 Å². The minimum absolute atomic E-state index is 0.396. The summed E-state index contributed by atoms with van der Waals surface area (Å²) >= 11 is 0. The number of nitrogens with one attached hydrogen (secondary N) is 1. The molecule has 1 N–H and O–H groups in total. The highest BCUT2D eigenvalue weighted by molar-refractivity contribution is 5.76. The van der Waals surface area contributed by atoms with Crippen molar-refractivity contribution < 1.29 is 0 Å². The van der Waals surface area contributed by atoms with Gasteiger partial charge in [-0.3, -0.25) is 4.98 Å². The average Bonchev–Trinajstić information content (AvgIpc) is 2.16. The molecule has 0 aliphatic carbocycles. The van der Waals surface area contributed by atoms with Crippen molar-refractivity contribution in [1.82, 2.24) is 15.0 Å². The van der Waals surface area contributed by atoms with Crippen LogP contribution >= 0.6 is 0 Å². The van der Waals surface area contributed by atoms with Gasteiger partial charge < -0.3 is 5.32 Å². The van der Waals surface area contributed by atoms with Crippen LogP contribution in [0.15, 0.2) is 18.5 Å². The van der Waals surface area contributed by atoms with E-state index in [1.807, 2.05) is 13.0 Å². The fourth-order valence-electron chi connectivity index (χ4n) is 1.42. The van der Waals surface area contributed by atoms with Crippen LogP contribution in [0.5, 0.6) is 0 Å². The zero-order valence-electron chi connectivity index (χ0n) is 9.15. The Morgan fingerprint density at radius 2 is 1.93 bits per heavy atom. The normalized spacial score (nSPS) is 10.9. The second-order valence-corrected chi connectivity index (χ2v) is 3.84. The number of nitrogens with zero attached hydrogens (tertiary/aromatic N) is 3. The van der Waals surface area contributed by atoms with Gasteiger partial charge >= 0.3 is 0 Å². The fraction of sp³-hybridized carbons (Fsp3) is 0.364. The maximum absolute atomic E-state index is 4.33. The third kappa shape index (κ3) is 2.21. The van der Waals surface area contributed by atoms with Crippen molar-refractivity contribution >= 4 is 16.7 Å². The number of aryl methyl sites for hydroxylation is 1. The highest BCUT2D eigenvalue weighted by Crippen LogP contribution is 2.14. The van der Waals surface area contributed by atoms with Gasteiger partial charge in [-0.1, -0.05) is 0 Å². The molecule has 2 heterocycles. The van der Waals surface area contributed by atoms with E-state index in [1.54, 1.807) is 12.4 Å². The van der Waals surface area contributed by atoms with Crippen molar-refractivity contribution in [3.8, 4) is 0 Å². The number of anilines is 1. The molecule has 2 aromatic rings. The van der Waals surface area contributed by atoms with E-state index in [0.717, 1.165) is 22.5 Å². The first kappa shape index (κ1) is 9.83. The molecule has 0 unspecified atom stereocenters. The van der Waals surface area contributed by atoms with Gasteiger partial charge in [0.15, 0.2) is 0 Å². The molecule has 0 bridgehead atoms. The van der Waals surface area contributed by atoms with Gasteiger partial charge in [0.05, 0.1) is 23.6 Å². The summed E-state index contributed by atoms with van der Waals surface area (Å²) in [5, 5.41) is 3.29. The number of fused-ring (bicyclic) bond motifs is 1. The largest absolute Gasteiger partial charge is 0.382 e. The number of hydrogen-bond donors (Lipinski definition) is 1. The highest BCUT2D eigenvalue weighted by atomic mass is 14.9. The predicted molar refractivity (Wildman–Crippen MR) is 60.8 cm³/mol. The summed E-state index contributed by atoms with van der Waals surface area (Å²) in [5.74, 6) is 0.769. The van der Waals surface area contributed by atoms with Gasteiger partial charge in [-0.2, -0.15) is 0 Å². The molecule has 2 rings (SSSR count). The lowest BCUT2D eigenvalue weighted by molar-refractivity contribution is 0.898. The minimum Gasteiger partial charge on any atom is -0.382 e. The van der Waals surface area contributed by atoms with Crippen molar-refractivity contribution in [2.24, 2.45) is 0 Å². The maximum Gasteiger partial charge on any atom is 0.126 e. The summed E-state index contributed by atoms with van der Waals surface area (Å²) in [5.41, 5.74) is 2.71. The minimum atomic E-state index is 0.396. The smallest absolute Gasteiger partial charge is 0.126 e. The van der Waals surface area contributed by atoms with Gasteiger partial charge in [0.2, 0.25) is 0 Å². The SMILES string of the molecule is Cc1ncc2ncc(NC(C)C)cc2n1. The zero-order chi connectivity index (χ0) is 10.8. The van der Waals surface area contributed by atoms with E-state index in [0.29, 0.717) is 6.04 Å². The molecular formula is C11H14N4. The lowest BCUT2D eigenvalue weighted by atomic mass is 10.3. The molecule has 0 atom stereocenters. The Morgan fingerprint density at radius 1 is 1.13 bits per heavy atom. The van der Waals surface area contributed by atoms with Crippen LogP contribution in [0.2, 0.25) is 0 Å². The Bertz CT molecular complexity index is 479. The molecule has 0 aliphatic rings. The maximum atomic E-state index is 4.33. The monoisotopic (exact) mass is 202 g/mol. The van der Waals surface area contributed by atoms with E-state index < -0.39 is 0 Å². The van der Waals surface area contributed by atoms with Crippen LogP contribution in [0.4, 0.5) is 5.69 Å². The molecule has 0 saturated carbocycles. The van der Waals surface area contributed by atoms with Crippen LogP contribution in [0.25, 0.3) is 11.0 Å². The van der Waals surface area contributed by atoms with Gasteiger partial charge in [-0.05, 0) is 26.8 Å². The fourth-order valence-corrected chi connectivity index (χ4v) is 1.42. The van der Waals surface area contributed by atoms with Gasteiger partial charge in [0.25, 0.3) is 0 Å². The molecule has 0 aromatic carbocycles. The number of aromatic nitrogens is 3. The Labute approximate surface area is 88.8 Å². The van der Waals surface area contributed by atoms with Crippen molar-refractivity contribution in [3.63, 3.8) is 0 Å². The molecule has 4 heteroatoms. The van der Waals surface area contributed by atoms with Gasteiger partial charge in [-0.25, -0.2) is 9.97 Å². The van der Waals surface area contributed by atoms with E-state index in [2.05, 4.69) is 34.1 Å². The van der Waals surface area contributed by atoms with E-state index in [4.69, 9.17) is 0 Å². The Morgan fingerprint density at radius 3 is 2.67 bits per heavy atom. The lowest BCUT2D eigenvalue weighted by Gasteiger charge is -2.09. The van der Waals surface area contributed by atoms with Crippen LogP contribution in [-0.2, 0) is 0 Å². The topological polar surface area (TPSA) is 50.7 Å². The third-order valence-electron chi connectivity index (χ3n) is 2.01. The summed E-state index contributed by atoms with van der Waals surface area (Å²) in [6.07, 6.45) is 3.55. The van der Waals surface area contributed by atoms with Crippen LogP contribution in [0, 0.1) is 6.92 Å². The van der Waals surface area contributed by atoms with Crippen molar-refractivity contribution in [2.75, 3.05) is 5.32 Å². The molecule has 4 nitrogen and oxygen atoms in total. The zero-order valence-corrected chi connectivity index (χ0v) is 9.15. The number of pyridine rings is 1. The molecule has 0 saturated heterocycles. The van der Waals surface area contributed by atoms with E-state index in [-0.39, 0.29) is 0 Å². The molecule has 2 aromatic heterocycles. The van der Waals surface area contributed by atoms with E-state index in [9.17, 15) is 0 Å². The highest BCUT2D eigenvalue weighted by Gasteiger charge is 2.01. The van der Waals surface area contributed by atoms with Crippen LogP contribution in [-0.4, -0.2) is 21.0 Å². The average molecular weight is 202 g/mol. The standard InChI is InChI=1S/C11H14N4/c1-7(2)14-9-4-10-11(13-5-9)6-12-8(3)15-10/h4-7,14H,1-3H3. The summed E-state index contributed by atoms with van der Waals surface area (Å²) in [6, 6.07) is 2.39. The van der Waals surface area contributed by atoms with E-state index >= 15 is 0 Å². The molecule has 78 valence electrons. The van der Waals surface area contributed by atoms with Gasteiger partial charge in [0, 0.05) is 6.04 Å². The first-order valence-electron chi connectivity index (χ1n) is 5.01. The Hall–Kier alpha value is -1.71. The third-order valence-corrected chi connectivity index (χ3v) is 2.01. The summed E-state index contributed by atoms with van der Waals surface area (Å²) < 4.78 is 0. The van der Waals surface area contributed by atoms with Crippen LogP contribution in [0.1, 0.15) is 19.7 Å². The number of rotatable bonds is 2. The molecule has 0 amide bonds. The summed E-state index contributed by atoms with van der Waals surface area (Å²) in [6.45, 7) is 6.06. The molecule has 0 spiro atoms. The number of hydrogen-bond acceptors (Lipinski definition) is 4. The Kier molecular flexibility index (Phi) is 2.49. The van der Waals surface area contributed by atoms with Gasteiger partial charge in [-0.15, -0.1) is 0 Å². The van der Waals surface area contributed by atoms with Crippen LogP contribution < -0.4 is 5.32 Å². The molecular weight excluding hydrogens is 188 g/mol. The summed E-state index contributed by atoms with van der Waals surface area (Å²) in [4.78, 5) is 12.7. The Balaban J connectivity index is 2.45. The van der Waals surface area contributed by atoms with Crippen molar-refractivity contribution in [3.05, 3.63) is 24.3 Å². The predicted octanol–water partition coefficient (Wildman–Crippen LogP) is 2.15. The van der Waals surface area contributed by atoms with Crippen LogP contribution in [0.3, 0.4) is 0 Å². The lowest BCUT2D eigenvalue weighted by Crippen LogP contribution is -2.09. The second kappa shape index (κ2) is 3.81. The first-order valence-corrected chi connectivity index (χ1v) is 5.01. The van der Waals surface area contributed by atoms with Crippen molar-refractivity contribution in [1.29, 1.82) is 0 Å². The van der Waals surface area contributed by atoms with Crippen molar-refractivity contribution in [2.45, 2.75) is 26.8 Å².